The van der Waals surface area contributed by atoms with Crippen molar-refractivity contribution < 1.29 is 4.74 Å². The van der Waals surface area contributed by atoms with Crippen molar-refractivity contribution in [3.8, 4) is 11.6 Å². The van der Waals surface area contributed by atoms with Crippen molar-refractivity contribution >= 4 is 33.2 Å². The number of anilines is 1. The number of aromatic nitrogens is 1. The summed E-state index contributed by atoms with van der Waals surface area (Å²) in [6.07, 6.45) is 0. The molecule has 5 heteroatoms. The Morgan fingerprint density at radius 3 is 2.71 bits per heavy atom. The van der Waals surface area contributed by atoms with Crippen LogP contribution in [0.25, 0.3) is 0 Å². The maximum Gasteiger partial charge on any atom is 0.222 e. The molecular formula is C12H10BrClN2O. The van der Waals surface area contributed by atoms with E-state index in [0.29, 0.717) is 22.5 Å². The van der Waals surface area contributed by atoms with Crippen LogP contribution in [0.5, 0.6) is 11.6 Å². The zero-order valence-corrected chi connectivity index (χ0v) is 11.4. The number of nitrogens with zero attached hydrogens (tertiary/aromatic N) is 1. The molecule has 0 saturated carbocycles. The van der Waals surface area contributed by atoms with Crippen molar-refractivity contribution in [1.29, 1.82) is 0 Å². The summed E-state index contributed by atoms with van der Waals surface area (Å²) in [5.41, 5.74) is 7.32. The number of nitrogen functional groups attached to an aromatic ring is 1. The van der Waals surface area contributed by atoms with Crippen LogP contribution in [-0.4, -0.2) is 4.98 Å². The van der Waals surface area contributed by atoms with Crippen molar-refractivity contribution in [3.63, 3.8) is 0 Å². The molecule has 2 rings (SSSR count). The molecule has 2 N–H and O–H groups in total. The lowest BCUT2D eigenvalue weighted by atomic mass is 10.2. The number of hydrogen-bond donors (Lipinski definition) is 1. The smallest absolute Gasteiger partial charge is 0.222 e. The predicted octanol–water partition coefficient (Wildman–Crippen LogP) is 4.18. The van der Waals surface area contributed by atoms with Crippen LogP contribution >= 0.6 is 27.5 Å². The van der Waals surface area contributed by atoms with Gasteiger partial charge in [-0.1, -0.05) is 17.7 Å². The topological polar surface area (TPSA) is 48.1 Å². The van der Waals surface area contributed by atoms with Crippen LogP contribution < -0.4 is 10.5 Å². The summed E-state index contributed by atoms with van der Waals surface area (Å²) in [4.78, 5) is 4.04. The van der Waals surface area contributed by atoms with Gasteiger partial charge >= 0.3 is 0 Å². The molecule has 88 valence electrons. The van der Waals surface area contributed by atoms with Gasteiger partial charge in [0.2, 0.25) is 5.88 Å². The third kappa shape index (κ3) is 3.11. The summed E-state index contributed by atoms with van der Waals surface area (Å²) < 4.78 is 6.46. The number of pyridine rings is 1. The molecule has 0 bridgehead atoms. The fourth-order valence-electron chi connectivity index (χ4n) is 1.35. The molecule has 0 fully saturated rings. The number of rotatable bonds is 2. The van der Waals surface area contributed by atoms with Gasteiger partial charge in [-0.15, -0.1) is 0 Å². The first-order chi connectivity index (χ1) is 8.04. The fraction of sp³-hybridized carbons (Fsp3) is 0.0833. The molecule has 2 aromatic rings. The minimum absolute atomic E-state index is 0.309. The predicted molar refractivity (Wildman–Crippen MR) is 72.6 cm³/mol. The fourth-order valence-corrected chi connectivity index (χ4v) is 2.13. The number of halogens is 2. The third-order valence-corrected chi connectivity index (χ3v) is 2.91. The van der Waals surface area contributed by atoms with E-state index >= 15 is 0 Å². The Balaban J connectivity index is 2.31. The molecule has 17 heavy (non-hydrogen) atoms. The molecular weight excluding hydrogens is 304 g/mol. The molecule has 0 aliphatic carbocycles. The largest absolute Gasteiger partial charge is 0.438 e. The van der Waals surface area contributed by atoms with Crippen LogP contribution in [0.2, 0.25) is 5.15 Å². The number of ether oxygens (including phenoxy) is 1. The average molecular weight is 314 g/mol. The molecule has 0 aliphatic rings. The van der Waals surface area contributed by atoms with Crippen LogP contribution in [0.15, 0.2) is 34.8 Å². The molecule has 1 aromatic carbocycles. The highest BCUT2D eigenvalue weighted by Gasteiger charge is 2.05. The molecule has 0 atom stereocenters. The lowest BCUT2D eigenvalue weighted by Gasteiger charge is -2.08. The van der Waals surface area contributed by atoms with E-state index in [2.05, 4.69) is 20.9 Å². The Morgan fingerprint density at radius 2 is 2.06 bits per heavy atom. The molecule has 0 spiro atoms. The number of nitrogens with two attached hydrogens (primary N) is 1. The van der Waals surface area contributed by atoms with E-state index in [1.54, 1.807) is 12.1 Å². The van der Waals surface area contributed by atoms with Crippen LogP contribution in [-0.2, 0) is 0 Å². The SMILES string of the molecule is Cc1ccc(Oc2cc(N)cc(Cl)n2)c(Br)c1. The van der Waals surface area contributed by atoms with Crippen molar-refractivity contribution in [1.82, 2.24) is 4.98 Å². The summed E-state index contributed by atoms with van der Waals surface area (Å²) in [6.45, 7) is 2.00. The molecule has 3 nitrogen and oxygen atoms in total. The van der Waals surface area contributed by atoms with E-state index in [1.807, 2.05) is 25.1 Å². The normalized spacial score (nSPS) is 10.3. The molecule has 1 aromatic heterocycles. The minimum atomic E-state index is 0.309. The van der Waals surface area contributed by atoms with E-state index in [1.165, 1.54) is 0 Å². The van der Waals surface area contributed by atoms with Crippen molar-refractivity contribution in [2.24, 2.45) is 0 Å². The maximum absolute atomic E-state index is 5.80. The lowest BCUT2D eigenvalue weighted by molar-refractivity contribution is 0.460. The first kappa shape index (κ1) is 12.2. The van der Waals surface area contributed by atoms with Crippen LogP contribution in [0.3, 0.4) is 0 Å². The Labute approximate surface area is 113 Å². The van der Waals surface area contributed by atoms with Crippen LogP contribution in [0.1, 0.15) is 5.56 Å². The second-order valence-electron chi connectivity index (χ2n) is 3.60. The minimum Gasteiger partial charge on any atom is -0.438 e. The van der Waals surface area contributed by atoms with Gasteiger partial charge in [0.15, 0.2) is 0 Å². The molecule has 0 aliphatic heterocycles. The van der Waals surface area contributed by atoms with E-state index in [-0.39, 0.29) is 0 Å². The lowest BCUT2D eigenvalue weighted by Crippen LogP contribution is -1.92. The highest BCUT2D eigenvalue weighted by Crippen LogP contribution is 2.30. The highest BCUT2D eigenvalue weighted by molar-refractivity contribution is 9.10. The maximum atomic E-state index is 5.80. The van der Waals surface area contributed by atoms with Gasteiger partial charge in [-0.2, -0.15) is 0 Å². The number of benzene rings is 1. The van der Waals surface area contributed by atoms with Gasteiger partial charge in [0.05, 0.1) is 4.47 Å². The van der Waals surface area contributed by atoms with E-state index in [9.17, 15) is 0 Å². The van der Waals surface area contributed by atoms with Crippen molar-refractivity contribution in [3.05, 3.63) is 45.5 Å². The summed E-state index contributed by atoms with van der Waals surface area (Å²) in [7, 11) is 0. The zero-order valence-electron chi connectivity index (χ0n) is 9.08. The van der Waals surface area contributed by atoms with Gasteiger partial charge in [0.1, 0.15) is 10.9 Å². The van der Waals surface area contributed by atoms with Gasteiger partial charge < -0.3 is 10.5 Å². The molecule has 0 unspecified atom stereocenters. The van der Waals surface area contributed by atoms with Crippen LogP contribution in [0.4, 0.5) is 5.69 Å². The number of hydrogen-bond acceptors (Lipinski definition) is 3. The molecule has 0 radical (unpaired) electrons. The Morgan fingerprint density at radius 1 is 1.29 bits per heavy atom. The first-order valence-corrected chi connectivity index (χ1v) is 6.09. The quantitative estimate of drug-likeness (QED) is 0.846. The van der Waals surface area contributed by atoms with E-state index in [4.69, 9.17) is 22.1 Å². The summed E-state index contributed by atoms with van der Waals surface area (Å²) in [5.74, 6) is 1.05. The molecule has 0 saturated heterocycles. The Hall–Kier alpha value is -1.26. The zero-order chi connectivity index (χ0) is 12.4. The monoisotopic (exact) mass is 312 g/mol. The van der Waals surface area contributed by atoms with E-state index < -0.39 is 0 Å². The summed E-state index contributed by atoms with van der Waals surface area (Å²) in [6, 6.07) is 8.96. The van der Waals surface area contributed by atoms with Gasteiger partial charge in [-0.05, 0) is 46.6 Å². The van der Waals surface area contributed by atoms with Gasteiger partial charge in [-0.25, -0.2) is 4.98 Å². The third-order valence-electron chi connectivity index (χ3n) is 2.09. The second kappa shape index (κ2) is 4.94. The Kier molecular flexibility index (Phi) is 3.54. The molecule has 1 heterocycles. The van der Waals surface area contributed by atoms with Crippen molar-refractivity contribution in [2.45, 2.75) is 6.92 Å². The average Bonchev–Trinajstić information content (AvgIpc) is 2.21. The van der Waals surface area contributed by atoms with Crippen LogP contribution in [0, 0.1) is 6.92 Å². The number of aryl methyl sites for hydroxylation is 1. The van der Waals surface area contributed by atoms with Crippen molar-refractivity contribution in [2.75, 3.05) is 5.73 Å². The highest BCUT2D eigenvalue weighted by atomic mass is 79.9. The Bertz CT molecular complexity index is 540. The summed E-state index contributed by atoms with van der Waals surface area (Å²) in [5, 5.41) is 0.309. The van der Waals surface area contributed by atoms with Gasteiger partial charge in [0.25, 0.3) is 0 Å². The van der Waals surface area contributed by atoms with Gasteiger partial charge in [0, 0.05) is 11.8 Å². The first-order valence-electron chi connectivity index (χ1n) is 4.91. The second-order valence-corrected chi connectivity index (χ2v) is 4.84. The van der Waals surface area contributed by atoms with E-state index in [0.717, 1.165) is 10.0 Å². The van der Waals surface area contributed by atoms with Gasteiger partial charge in [-0.3, -0.25) is 0 Å². The molecule has 0 amide bonds. The standard InChI is InChI=1S/C12H10BrClN2O/c1-7-2-3-10(9(13)4-7)17-12-6-8(15)5-11(14)16-12/h2-6H,1H3,(H2,15,16). The summed E-state index contributed by atoms with van der Waals surface area (Å²) >= 11 is 9.22.